The summed E-state index contributed by atoms with van der Waals surface area (Å²) in [5.41, 5.74) is 1.82. The van der Waals surface area contributed by atoms with E-state index in [-0.39, 0.29) is 11.9 Å². The Labute approximate surface area is 129 Å². The van der Waals surface area contributed by atoms with Crippen LogP contribution in [-0.2, 0) is 0 Å². The Morgan fingerprint density at radius 2 is 1.95 bits per heavy atom. The number of anilines is 1. The summed E-state index contributed by atoms with van der Waals surface area (Å²) in [5, 5.41) is 3.29. The van der Waals surface area contributed by atoms with Gasteiger partial charge in [-0.25, -0.2) is 0 Å². The van der Waals surface area contributed by atoms with Crippen LogP contribution in [0.5, 0.6) is 11.5 Å². The maximum Gasteiger partial charge on any atom is 0.387 e. The normalized spacial score (nSPS) is 16.9. The first-order valence-electron chi connectivity index (χ1n) is 6.37. The predicted molar refractivity (Wildman–Crippen MR) is 79.1 cm³/mol. The minimum atomic E-state index is -2.81. The van der Waals surface area contributed by atoms with Crippen LogP contribution in [0.3, 0.4) is 0 Å². The maximum absolute atomic E-state index is 12.1. The first-order valence-corrected chi connectivity index (χ1v) is 7.16. The molecule has 0 aliphatic carbocycles. The number of ether oxygens (including phenoxy) is 2. The van der Waals surface area contributed by atoms with Gasteiger partial charge in [0.05, 0.1) is 16.7 Å². The Balaban J connectivity index is 1.78. The van der Waals surface area contributed by atoms with Crippen molar-refractivity contribution in [2.45, 2.75) is 12.7 Å². The van der Waals surface area contributed by atoms with Crippen molar-refractivity contribution in [3.8, 4) is 11.5 Å². The van der Waals surface area contributed by atoms with Crippen molar-refractivity contribution in [2.24, 2.45) is 0 Å². The van der Waals surface area contributed by atoms with E-state index in [9.17, 15) is 8.78 Å². The predicted octanol–water partition coefficient (Wildman–Crippen LogP) is 4.60. The molecule has 0 radical (unpaired) electrons. The number of hydrogen-bond acceptors (Lipinski definition) is 3. The summed E-state index contributed by atoms with van der Waals surface area (Å²) in [4.78, 5) is 0. The molecule has 0 saturated heterocycles. The Morgan fingerprint density at radius 3 is 2.67 bits per heavy atom. The van der Waals surface area contributed by atoms with Crippen LogP contribution in [0.25, 0.3) is 0 Å². The molecular weight excluding hydrogens is 344 g/mol. The highest BCUT2D eigenvalue weighted by Crippen LogP contribution is 2.39. The zero-order valence-corrected chi connectivity index (χ0v) is 12.4. The smallest absolute Gasteiger partial charge is 0.387 e. The molecule has 1 N–H and O–H groups in total. The van der Waals surface area contributed by atoms with Crippen LogP contribution in [-0.4, -0.2) is 13.2 Å². The highest BCUT2D eigenvalue weighted by Gasteiger charge is 2.22. The summed E-state index contributed by atoms with van der Waals surface area (Å²) < 4.78 is 35.4. The molecule has 3 rings (SSSR count). The summed E-state index contributed by atoms with van der Waals surface area (Å²) in [5.74, 6) is 0.890. The van der Waals surface area contributed by atoms with E-state index in [1.54, 1.807) is 12.1 Å². The Bertz CT molecular complexity index is 634. The number of alkyl halides is 2. The molecule has 1 heterocycles. The van der Waals surface area contributed by atoms with Crippen molar-refractivity contribution in [3.05, 3.63) is 52.5 Å². The van der Waals surface area contributed by atoms with Crippen molar-refractivity contribution in [1.29, 1.82) is 0 Å². The largest absolute Gasteiger partial charge is 0.481 e. The van der Waals surface area contributed by atoms with Gasteiger partial charge in [-0.2, -0.15) is 8.78 Å². The first kappa shape index (κ1) is 14.1. The van der Waals surface area contributed by atoms with Gasteiger partial charge in [0.1, 0.15) is 11.9 Å². The standard InChI is InChI=1S/C15H12BrF2NO2/c16-11-2-1-3-12-14(11)21-13(8-19-12)9-4-6-10(7-5-9)20-15(17)18/h1-7,13,15,19H,8H2. The number of fused-ring (bicyclic) bond motifs is 1. The third kappa shape index (κ3) is 3.10. The summed E-state index contributed by atoms with van der Waals surface area (Å²) in [6.45, 7) is -2.20. The van der Waals surface area contributed by atoms with Gasteiger partial charge in [0.15, 0.2) is 5.75 Å². The quantitative estimate of drug-likeness (QED) is 0.872. The maximum atomic E-state index is 12.1. The molecule has 110 valence electrons. The van der Waals surface area contributed by atoms with Gasteiger partial charge in [-0.15, -0.1) is 0 Å². The van der Waals surface area contributed by atoms with E-state index in [0.29, 0.717) is 6.54 Å². The second-order valence-corrected chi connectivity index (χ2v) is 5.41. The van der Waals surface area contributed by atoms with Crippen LogP contribution in [0.1, 0.15) is 11.7 Å². The molecule has 1 aliphatic rings. The lowest BCUT2D eigenvalue weighted by atomic mass is 10.1. The fourth-order valence-corrected chi connectivity index (χ4v) is 2.66. The molecule has 0 aromatic heterocycles. The van der Waals surface area contributed by atoms with E-state index in [2.05, 4.69) is 26.0 Å². The van der Waals surface area contributed by atoms with Crippen molar-refractivity contribution >= 4 is 21.6 Å². The van der Waals surface area contributed by atoms with E-state index in [4.69, 9.17) is 4.74 Å². The van der Waals surface area contributed by atoms with E-state index in [0.717, 1.165) is 21.5 Å². The van der Waals surface area contributed by atoms with E-state index in [1.807, 2.05) is 18.2 Å². The van der Waals surface area contributed by atoms with E-state index >= 15 is 0 Å². The molecule has 6 heteroatoms. The van der Waals surface area contributed by atoms with Gasteiger partial charge in [0.25, 0.3) is 0 Å². The highest BCUT2D eigenvalue weighted by molar-refractivity contribution is 9.10. The molecule has 1 atom stereocenters. The zero-order valence-electron chi connectivity index (χ0n) is 10.9. The lowest BCUT2D eigenvalue weighted by Crippen LogP contribution is -2.23. The molecular formula is C15H12BrF2NO2. The van der Waals surface area contributed by atoms with Crippen LogP contribution < -0.4 is 14.8 Å². The van der Waals surface area contributed by atoms with Gasteiger partial charge < -0.3 is 14.8 Å². The zero-order chi connectivity index (χ0) is 14.8. The van der Waals surface area contributed by atoms with Crippen molar-refractivity contribution in [3.63, 3.8) is 0 Å². The number of rotatable bonds is 3. The van der Waals surface area contributed by atoms with Gasteiger partial charge in [-0.05, 0) is 45.8 Å². The average molecular weight is 356 g/mol. The van der Waals surface area contributed by atoms with Crippen molar-refractivity contribution in [2.75, 3.05) is 11.9 Å². The monoisotopic (exact) mass is 355 g/mol. The highest BCUT2D eigenvalue weighted by atomic mass is 79.9. The minimum Gasteiger partial charge on any atom is -0.481 e. The molecule has 0 fully saturated rings. The average Bonchev–Trinajstić information content (AvgIpc) is 2.48. The molecule has 2 aromatic carbocycles. The molecule has 0 saturated carbocycles. The number of para-hydroxylation sites is 1. The molecule has 0 amide bonds. The molecule has 0 bridgehead atoms. The Hall–Kier alpha value is -1.82. The Kier molecular flexibility index (Phi) is 3.96. The fourth-order valence-electron chi connectivity index (χ4n) is 2.20. The lowest BCUT2D eigenvalue weighted by Gasteiger charge is -2.28. The third-order valence-corrected chi connectivity index (χ3v) is 3.81. The summed E-state index contributed by atoms with van der Waals surface area (Å²) in [6.07, 6.45) is -0.184. The van der Waals surface area contributed by atoms with Gasteiger partial charge in [0.2, 0.25) is 0 Å². The number of nitrogens with one attached hydrogen (secondary N) is 1. The van der Waals surface area contributed by atoms with Crippen LogP contribution in [0.15, 0.2) is 46.9 Å². The van der Waals surface area contributed by atoms with Gasteiger partial charge in [-0.3, -0.25) is 0 Å². The summed E-state index contributed by atoms with van der Waals surface area (Å²) in [6, 6.07) is 12.3. The minimum absolute atomic E-state index is 0.138. The molecule has 1 aliphatic heterocycles. The summed E-state index contributed by atoms with van der Waals surface area (Å²) in [7, 11) is 0. The number of hydrogen-bond donors (Lipinski definition) is 1. The van der Waals surface area contributed by atoms with E-state index < -0.39 is 6.61 Å². The van der Waals surface area contributed by atoms with Gasteiger partial charge in [0, 0.05) is 0 Å². The summed E-state index contributed by atoms with van der Waals surface area (Å²) >= 11 is 3.45. The molecule has 3 nitrogen and oxygen atoms in total. The Morgan fingerprint density at radius 1 is 1.19 bits per heavy atom. The molecule has 0 spiro atoms. The van der Waals surface area contributed by atoms with Crippen LogP contribution >= 0.6 is 15.9 Å². The third-order valence-electron chi connectivity index (χ3n) is 3.18. The lowest BCUT2D eigenvalue weighted by molar-refractivity contribution is -0.0498. The van der Waals surface area contributed by atoms with Crippen LogP contribution in [0, 0.1) is 0 Å². The van der Waals surface area contributed by atoms with Crippen LogP contribution in [0.4, 0.5) is 14.5 Å². The molecule has 1 unspecified atom stereocenters. The fraction of sp³-hybridized carbons (Fsp3) is 0.200. The van der Waals surface area contributed by atoms with Gasteiger partial charge >= 0.3 is 6.61 Å². The molecule has 21 heavy (non-hydrogen) atoms. The topological polar surface area (TPSA) is 30.5 Å². The molecule has 2 aromatic rings. The number of benzene rings is 2. The first-order chi connectivity index (χ1) is 10.1. The SMILES string of the molecule is FC(F)Oc1ccc(C2CNc3cccc(Br)c3O2)cc1. The van der Waals surface area contributed by atoms with Crippen molar-refractivity contribution < 1.29 is 18.3 Å². The van der Waals surface area contributed by atoms with E-state index in [1.165, 1.54) is 12.1 Å². The van der Waals surface area contributed by atoms with Gasteiger partial charge in [-0.1, -0.05) is 18.2 Å². The second kappa shape index (κ2) is 5.89. The second-order valence-electron chi connectivity index (χ2n) is 4.55. The van der Waals surface area contributed by atoms with Crippen LogP contribution in [0.2, 0.25) is 0 Å². The number of halogens is 3. The van der Waals surface area contributed by atoms with Crippen molar-refractivity contribution in [1.82, 2.24) is 0 Å².